The Balaban J connectivity index is 2.77. The summed E-state index contributed by atoms with van der Waals surface area (Å²) >= 11 is 0. The zero-order valence-corrected chi connectivity index (χ0v) is 16.4. The summed E-state index contributed by atoms with van der Waals surface area (Å²) in [6.07, 6.45) is 6.06. The minimum absolute atomic E-state index is 0.0452. The van der Waals surface area contributed by atoms with Crippen LogP contribution < -0.4 is 15.5 Å². The summed E-state index contributed by atoms with van der Waals surface area (Å²) in [7, 11) is 5.28. The maximum atomic E-state index is 12.5. The molecule has 0 saturated carbocycles. The van der Waals surface area contributed by atoms with Crippen LogP contribution in [0.5, 0.6) is 0 Å². The quantitative estimate of drug-likeness (QED) is 0.707. The van der Waals surface area contributed by atoms with Gasteiger partial charge in [0.15, 0.2) is 0 Å². The Morgan fingerprint density at radius 1 is 0.828 bits per heavy atom. The van der Waals surface area contributed by atoms with Crippen LogP contribution in [0.1, 0.15) is 20.7 Å². The lowest BCUT2D eigenvalue weighted by Gasteiger charge is -2.24. The van der Waals surface area contributed by atoms with Crippen LogP contribution in [0.3, 0.4) is 0 Å². The minimum atomic E-state index is -0.798. The number of hydrogen-bond acceptors (Lipinski definition) is 7. The lowest BCUT2D eigenvalue weighted by molar-refractivity contribution is -0.139. The van der Waals surface area contributed by atoms with E-state index in [0.717, 1.165) is 0 Å². The first-order valence-corrected chi connectivity index (χ1v) is 8.52. The number of anilines is 1. The number of methoxy groups -OCH3 is 2. The van der Waals surface area contributed by atoms with Crippen LogP contribution >= 0.6 is 0 Å². The maximum absolute atomic E-state index is 12.5. The molecule has 0 unspecified atom stereocenters. The summed E-state index contributed by atoms with van der Waals surface area (Å²) in [6.45, 7) is 0. The van der Waals surface area contributed by atoms with E-state index in [2.05, 4.69) is 10.6 Å². The molecule has 1 aromatic rings. The van der Waals surface area contributed by atoms with E-state index in [-0.39, 0.29) is 22.4 Å². The first kappa shape index (κ1) is 21.4. The zero-order valence-electron chi connectivity index (χ0n) is 16.4. The molecule has 2 rings (SSSR count). The van der Waals surface area contributed by atoms with Crippen molar-refractivity contribution < 1.29 is 28.7 Å². The van der Waals surface area contributed by atoms with Gasteiger partial charge in [0.1, 0.15) is 5.70 Å². The van der Waals surface area contributed by atoms with Crippen molar-refractivity contribution in [3.05, 3.63) is 65.0 Å². The highest BCUT2D eigenvalue weighted by Gasteiger charge is 2.28. The van der Waals surface area contributed by atoms with Crippen molar-refractivity contribution in [3.63, 3.8) is 0 Å². The lowest BCUT2D eigenvalue weighted by atomic mass is 10.1. The Morgan fingerprint density at radius 3 is 1.86 bits per heavy atom. The third-order valence-electron chi connectivity index (χ3n) is 4.06. The first-order chi connectivity index (χ1) is 13.9. The highest BCUT2D eigenvalue weighted by Crippen LogP contribution is 2.28. The predicted octanol–water partition coefficient (Wildman–Crippen LogP) is 0.896. The van der Waals surface area contributed by atoms with Gasteiger partial charge in [-0.3, -0.25) is 9.59 Å². The standard InChI is InChI=1S/C20H21N3O6/c1-21-17(24)12-9-13(18(25)22-2)11-14(10-12)23-8-6-5-7-15(19(26)28-3)16(23)20(27)29-4/h5-11H,1-4H3,(H,21,24)(H,22,25). The van der Waals surface area contributed by atoms with Crippen molar-refractivity contribution in [2.75, 3.05) is 33.2 Å². The molecule has 0 bridgehead atoms. The molecule has 9 nitrogen and oxygen atoms in total. The fourth-order valence-corrected chi connectivity index (χ4v) is 2.67. The van der Waals surface area contributed by atoms with Crippen LogP contribution in [0.25, 0.3) is 0 Å². The molecule has 1 heterocycles. The zero-order chi connectivity index (χ0) is 21.6. The van der Waals surface area contributed by atoms with Gasteiger partial charge in [0.2, 0.25) is 0 Å². The Hall–Kier alpha value is -3.88. The molecule has 0 atom stereocenters. The van der Waals surface area contributed by atoms with Crippen molar-refractivity contribution in [1.82, 2.24) is 10.6 Å². The summed E-state index contributed by atoms with van der Waals surface area (Å²) in [5, 5.41) is 4.98. The summed E-state index contributed by atoms with van der Waals surface area (Å²) < 4.78 is 9.62. The average Bonchev–Trinajstić information content (AvgIpc) is 2.99. The topological polar surface area (TPSA) is 114 Å². The van der Waals surface area contributed by atoms with Crippen molar-refractivity contribution >= 4 is 29.4 Å². The summed E-state index contributed by atoms with van der Waals surface area (Å²) in [5.74, 6) is -2.39. The van der Waals surface area contributed by atoms with Gasteiger partial charge in [-0.05, 0) is 30.4 Å². The number of rotatable bonds is 5. The molecule has 1 aliphatic rings. The molecule has 29 heavy (non-hydrogen) atoms. The molecule has 0 saturated heterocycles. The summed E-state index contributed by atoms with van der Waals surface area (Å²) in [4.78, 5) is 50.5. The molecular weight excluding hydrogens is 378 g/mol. The van der Waals surface area contributed by atoms with Crippen LogP contribution in [0.2, 0.25) is 0 Å². The molecule has 0 aromatic heterocycles. The van der Waals surface area contributed by atoms with Crippen LogP contribution in [0, 0.1) is 0 Å². The number of allylic oxidation sites excluding steroid dienone is 2. The van der Waals surface area contributed by atoms with Gasteiger partial charge < -0.3 is 25.0 Å². The Kier molecular flexibility index (Phi) is 6.91. The van der Waals surface area contributed by atoms with Crippen molar-refractivity contribution in [2.45, 2.75) is 0 Å². The molecular formula is C20H21N3O6. The van der Waals surface area contributed by atoms with E-state index in [1.54, 1.807) is 12.2 Å². The summed E-state index contributed by atoms with van der Waals surface area (Å²) in [5.41, 5.74) is 0.514. The molecule has 152 valence electrons. The van der Waals surface area contributed by atoms with Crippen LogP contribution in [-0.2, 0) is 19.1 Å². The van der Waals surface area contributed by atoms with E-state index in [0.29, 0.717) is 5.69 Å². The van der Waals surface area contributed by atoms with Gasteiger partial charge in [-0.1, -0.05) is 6.08 Å². The van der Waals surface area contributed by atoms with Gasteiger partial charge in [0, 0.05) is 37.1 Å². The van der Waals surface area contributed by atoms with E-state index >= 15 is 0 Å². The normalized spacial score (nSPS) is 12.9. The maximum Gasteiger partial charge on any atom is 0.355 e. The van der Waals surface area contributed by atoms with Crippen molar-refractivity contribution in [3.8, 4) is 0 Å². The van der Waals surface area contributed by atoms with Crippen LogP contribution in [0.15, 0.2) is 53.9 Å². The van der Waals surface area contributed by atoms with Gasteiger partial charge >= 0.3 is 11.9 Å². The number of amides is 2. The fourth-order valence-electron chi connectivity index (χ4n) is 2.67. The molecule has 0 aliphatic carbocycles. The average molecular weight is 399 g/mol. The molecule has 9 heteroatoms. The third kappa shape index (κ3) is 4.52. The number of nitrogens with one attached hydrogen (secondary N) is 2. The SMILES string of the molecule is CNC(=O)c1cc(C(=O)NC)cc(N2C=CC=CC(C(=O)OC)=C2C(=O)OC)c1. The van der Waals surface area contributed by atoms with Gasteiger partial charge in [-0.15, -0.1) is 0 Å². The number of hydrogen-bond donors (Lipinski definition) is 2. The lowest BCUT2D eigenvalue weighted by Crippen LogP contribution is -2.28. The fraction of sp³-hybridized carbons (Fsp3) is 0.200. The van der Waals surface area contributed by atoms with Crippen molar-refractivity contribution in [2.24, 2.45) is 0 Å². The van der Waals surface area contributed by atoms with Gasteiger partial charge in [-0.2, -0.15) is 0 Å². The molecule has 0 spiro atoms. The van der Waals surface area contributed by atoms with E-state index in [9.17, 15) is 19.2 Å². The second-order valence-corrected chi connectivity index (χ2v) is 5.74. The van der Waals surface area contributed by atoms with E-state index in [4.69, 9.17) is 9.47 Å². The van der Waals surface area contributed by atoms with E-state index in [1.165, 1.54) is 63.7 Å². The molecule has 0 fully saturated rings. The van der Waals surface area contributed by atoms with Gasteiger partial charge in [0.05, 0.1) is 19.8 Å². The number of benzene rings is 1. The van der Waals surface area contributed by atoms with Gasteiger partial charge in [0.25, 0.3) is 11.8 Å². The molecule has 0 radical (unpaired) electrons. The van der Waals surface area contributed by atoms with Gasteiger partial charge in [-0.25, -0.2) is 9.59 Å². The molecule has 1 aliphatic heterocycles. The second-order valence-electron chi connectivity index (χ2n) is 5.74. The Morgan fingerprint density at radius 2 is 1.38 bits per heavy atom. The number of carbonyl (C=O) groups is 4. The number of nitrogens with zero attached hydrogens (tertiary/aromatic N) is 1. The molecule has 1 aromatic carbocycles. The second kappa shape index (κ2) is 9.36. The van der Waals surface area contributed by atoms with E-state index < -0.39 is 23.8 Å². The number of carbonyl (C=O) groups excluding carboxylic acids is 4. The summed E-state index contributed by atoms with van der Waals surface area (Å²) in [6, 6.07) is 4.39. The van der Waals surface area contributed by atoms with E-state index in [1.807, 2.05) is 0 Å². The minimum Gasteiger partial charge on any atom is -0.465 e. The number of esters is 2. The highest BCUT2D eigenvalue weighted by molar-refractivity contribution is 6.06. The smallest absolute Gasteiger partial charge is 0.355 e. The molecule has 2 N–H and O–H groups in total. The monoisotopic (exact) mass is 399 g/mol. The predicted molar refractivity (Wildman–Crippen MR) is 105 cm³/mol. The van der Waals surface area contributed by atoms with Crippen LogP contribution in [0.4, 0.5) is 5.69 Å². The van der Waals surface area contributed by atoms with Crippen LogP contribution in [-0.4, -0.2) is 52.1 Å². The largest absolute Gasteiger partial charge is 0.465 e. The first-order valence-electron chi connectivity index (χ1n) is 8.52. The highest BCUT2D eigenvalue weighted by atomic mass is 16.5. The third-order valence-corrected chi connectivity index (χ3v) is 4.06. The van der Waals surface area contributed by atoms with Crippen molar-refractivity contribution in [1.29, 1.82) is 0 Å². The Bertz CT molecular complexity index is 911. The molecule has 2 amide bonds. The Labute approximate surface area is 167 Å². The number of ether oxygens (including phenoxy) is 2.